The van der Waals surface area contributed by atoms with E-state index in [1.807, 2.05) is 12.1 Å². The van der Waals surface area contributed by atoms with Crippen LogP contribution in [0.2, 0.25) is 0 Å². The van der Waals surface area contributed by atoms with Crippen molar-refractivity contribution in [3.05, 3.63) is 29.8 Å². The third kappa shape index (κ3) is 3.95. The van der Waals surface area contributed by atoms with Crippen LogP contribution in [-0.4, -0.2) is 26.4 Å². The highest BCUT2D eigenvalue weighted by atomic mass is 16.5. The SMILES string of the molecule is CCCNC(COC1CCC1)c1ccccc1OC. The van der Waals surface area contributed by atoms with Crippen LogP contribution in [0.15, 0.2) is 24.3 Å². The number of hydrogen-bond acceptors (Lipinski definition) is 3. The van der Waals surface area contributed by atoms with E-state index in [9.17, 15) is 0 Å². The monoisotopic (exact) mass is 263 g/mol. The van der Waals surface area contributed by atoms with E-state index in [4.69, 9.17) is 9.47 Å². The predicted molar refractivity (Wildman–Crippen MR) is 77.6 cm³/mol. The van der Waals surface area contributed by atoms with Crippen LogP contribution in [0, 0.1) is 0 Å². The summed E-state index contributed by atoms with van der Waals surface area (Å²) in [5.41, 5.74) is 1.19. The van der Waals surface area contributed by atoms with Crippen LogP contribution in [0.25, 0.3) is 0 Å². The van der Waals surface area contributed by atoms with Crippen molar-refractivity contribution in [3.8, 4) is 5.75 Å². The summed E-state index contributed by atoms with van der Waals surface area (Å²) in [6.45, 7) is 3.90. The van der Waals surface area contributed by atoms with Crippen molar-refractivity contribution >= 4 is 0 Å². The van der Waals surface area contributed by atoms with Gasteiger partial charge in [-0.15, -0.1) is 0 Å². The van der Waals surface area contributed by atoms with Crippen molar-refractivity contribution in [1.29, 1.82) is 0 Å². The Balaban J connectivity index is 2.01. The Labute approximate surface area is 116 Å². The molecule has 0 radical (unpaired) electrons. The van der Waals surface area contributed by atoms with E-state index >= 15 is 0 Å². The molecule has 0 amide bonds. The molecule has 1 saturated carbocycles. The van der Waals surface area contributed by atoms with Crippen molar-refractivity contribution in [3.63, 3.8) is 0 Å². The van der Waals surface area contributed by atoms with Crippen LogP contribution in [0.3, 0.4) is 0 Å². The highest BCUT2D eigenvalue weighted by Crippen LogP contribution is 2.28. The van der Waals surface area contributed by atoms with E-state index < -0.39 is 0 Å². The minimum atomic E-state index is 0.219. The van der Waals surface area contributed by atoms with Crippen LogP contribution in [-0.2, 0) is 4.74 Å². The number of rotatable bonds is 8. The van der Waals surface area contributed by atoms with E-state index in [2.05, 4.69) is 24.4 Å². The standard InChI is InChI=1S/C16H25NO2/c1-3-11-17-15(12-19-13-7-6-8-13)14-9-4-5-10-16(14)18-2/h4-5,9-10,13,15,17H,3,6-8,11-12H2,1-2H3. The topological polar surface area (TPSA) is 30.5 Å². The first kappa shape index (κ1) is 14.4. The molecule has 0 aromatic heterocycles. The molecule has 2 rings (SSSR count). The maximum absolute atomic E-state index is 5.97. The highest BCUT2D eigenvalue weighted by Gasteiger charge is 2.21. The van der Waals surface area contributed by atoms with Gasteiger partial charge in [-0.1, -0.05) is 25.1 Å². The van der Waals surface area contributed by atoms with Gasteiger partial charge in [-0.05, 0) is 38.3 Å². The van der Waals surface area contributed by atoms with E-state index in [-0.39, 0.29) is 6.04 Å². The molecule has 1 unspecified atom stereocenters. The molecule has 1 aliphatic carbocycles. The lowest BCUT2D eigenvalue weighted by molar-refractivity contribution is -0.00900. The molecule has 0 heterocycles. The maximum atomic E-state index is 5.97. The van der Waals surface area contributed by atoms with Crippen molar-refractivity contribution in [2.45, 2.75) is 44.8 Å². The van der Waals surface area contributed by atoms with Gasteiger partial charge in [0.15, 0.2) is 0 Å². The van der Waals surface area contributed by atoms with Gasteiger partial charge >= 0.3 is 0 Å². The summed E-state index contributed by atoms with van der Waals surface area (Å²) >= 11 is 0. The first-order valence-corrected chi connectivity index (χ1v) is 7.33. The maximum Gasteiger partial charge on any atom is 0.123 e. The fourth-order valence-electron chi connectivity index (χ4n) is 2.30. The second-order valence-corrected chi connectivity index (χ2v) is 5.13. The molecule has 1 N–H and O–H groups in total. The van der Waals surface area contributed by atoms with E-state index in [1.165, 1.54) is 24.8 Å². The second-order valence-electron chi connectivity index (χ2n) is 5.13. The zero-order chi connectivity index (χ0) is 13.5. The smallest absolute Gasteiger partial charge is 0.123 e. The Bertz CT molecular complexity index is 377. The van der Waals surface area contributed by atoms with Crippen molar-refractivity contribution in [2.24, 2.45) is 0 Å². The Kier molecular flexibility index (Phi) is 5.67. The summed E-state index contributed by atoms with van der Waals surface area (Å²) in [6.07, 6.45) is 5.33. The first-order valence-electron chi connectivity index (χ1n) is 7.33. The Morgan fingerprint density at radius 1 is 1.32 bits per heavy atom. The van der Waals surface area contributed by atoms with E-state index in [0.717, 1.165) is 25.3 Å². The molecule has 1 aromatic rings. The number of benzene rings is 1. The van der Waals surface area contributed by atoms with Crippen LogP contribution in [0.4, 0.5) is 0 Å². The van der Waals surface area contributed by atoms with Gasteiger partial charge in [0.1, 0.15) is 5.75 Å². The van der Waals surface area contributed by atoms with E-state index in [1.54, 1.807) is 7.11 Å². The highest BCUT2D eigenvalue weighted by molar-refractivity contribution is 5.36. The molecule has 1 atom stereocenters. The molecule has 0 bridgehead atoms. The van der Waals surface area contributed by atoms with Gasteiger partial charge in [0.25, 0.3) is 0 Å². The molecule has 0 aliphatic heterocycles. The fraction of sp³-hybridized carbons (Fsp3) is 0.625. The van der Waals surface area contributed by atoms with E-state index in [0.29, 0.717) is 6.10 Å². The third-order valence-corrected chi connectivity index (χ3v) is 3.71. The summed E-state index contributed by atoms with van der Waals surface area (Å²) < 4.78 is 11.4. The normalized spacial score (nSPS) is 16.9. The number of ether oxygens (including phenoxy) is 2. The molecular formula is C16H25NO2. The summed E-state index contributed by atoms with van der Waals surface area (Å²) in [7, 11) is 1.72. The largest absolute Gasteiger partial charge is 0.496 e. The summed E-state index contributed by atoms with van der Waals surface area (Å²) in [6, 6.07) is 8.42. The van der Waals surface area contributed by atoms with Gasteiger partial charge < -0.3 is 14.8 Å². The summed E-state index contributed by atoms with van der Waals surface area (Å²) in [5, 5.41) is 3.56. The minimum Gasteiger partial charge on any atom is -0.496 e. The minimum absolute atomic E-state index is 0.219. The molecule has 1 aromatic carbocycles. The lowest BCUT2D eigenvalue weighted by Crippen LogP contribution is -2.31. The molecule has 0 saturated heterocycles. The molecule has 19 heavy (non-hydrogen) atoms. The zero-order valence-corrected chi connectivity index (χ0v) is 12.0. The Morgan fingerprint density at radius 3 is 2.74 bits per heavy atom. The third-order valence-electron chi connectivity index (χ3n) is 3.71. The van der Waals surface area contributed by atoms with Crippen molar-refractivity contribution in [1.82, 2.24) is 5.32 Å². The average molecular weight is 263 g/mol. The number of methoxy groups -OCH3 is 1. The van der Waals surface area contributed by atoms with Gasteiger partial charge in [-0.2, -0.15) is 0 Å². The van der Waals surface area contributed by atoms with Gasteiger partial charge in [0.2, 0.25) is 0 Å². The zero-order valence-electron chi connectivity index (χ0n) is 12.0. The lowest BCUT2D eigenvalue weighted by Gasteiger charge is -2.29. The molecule has 1 aliphatic rings. The van der Waals surface area contributed by atoms with Crippen LogP contribution >= 0.6 is 0 Å². The van der Waals surface area contributed by atoms with Gasteiger partial charge in [-0.3, -0.25) is 0 Å². The lowest BCUT2D eigenvalue weighted by atomic mass is 9.96. The number of hydrogen-bond donors (Lipinski definition) is 1. The van der Waals surface area contributed by atoms with Crippen LogP contribution in [0.5, 0.6) is 5.75 Å². The Morgan fingerprint density at radius 2 is 2.11 bits per heavy atom. The molecule has 106 valence electrons. The van der Waals surface area contributed by atoms with Crippen molar-refractivity contribution in [2.75, 3.05) is 20.3 Å². The molecular weight excluding hydrogens is 238 g/mol. The fourth-order valence-corrected chi connectivity index (χ4v) is 2.30. The van der Waals surface area contributed by atoms with Crippen LogP contribution < -0.4 is 10.1 Å². The second kappa shape index (κ2) is 7.51. The average Bonchev–Trinajstić information content (AvgIpc) is 2.40. The predicted octanol–water partition coefficient (Wildman–Crippen LogP) is 3.31. The molecule has 3 heteroatoms. The first-order chi connectivity index (χ1) is 9.35. The molecule has 3 nitrogen and oxygen atoms in total. The Hall–Kier alpha value is -1.06. The quantitative estimate of drug-likeness (QED) is 0.780. The number of nitrogens with one attached hydrogen (secondary N) is 1. The van der Waals surface area contributed by atoms with Crippen molar-refractivity contribution < 1.29 is 9.47 Å². The molecule has 0 spiro atoms. The summed E-state index contributed by atoms with van der Waals surface area (Å²) in [4.78, 5) is 0. The van der Waals surface area contributed by atoms with Gasteiger partial charge in [0.05, 0.1) is 25.9 Å². The molecule has 1 fully saturated rings. The summed E-state index contributed by atoms with van der Waals surface area (Å²) in [5.74, 6) is 0.938. The van der Waals surface area contributed by atoms with Crippen LogP contribution in [0.1, 0.15) is 44.2 Å². The number of para-hydroxylation sites is 1. The van der Waals surface area contributed by atoms with Gasteiger partial charge in [-0.25, -0.2) is 0 Å². The van der Waals surface area contributed by atoms with Gasteiger partial charge in [0, 0.05) is 5.56 Å².